The first-order chi connectivity index (χ1) is 11.6. The molecule has 134 valence electrons. The van der Waals surface area contributed by atoms with E-state index in [1.165, 1.54) is 12.0 Å². The molecule has 0 bridgehead atoms. The van der Waals surface area contributed by atoms with E-state index in [-0.39, 0.29) is 6.03 Å². The van der Waals surface area contributed by atoms with Gasteiger partial charge in [0.2, 0.25) is 0 Å². The molecule has 5 heteroatoms. The Morgan fingerprint density at radius 2 is 2.17 bits per heavy atom. The smallest absolute Gasteiger partial charge is 0.317 e. The number of ether oxygens (including phenoxy) is 1. The Balaban J connectivity index is 1.69. The number of nitrogens with zero attached hydrogens (tertiary/aromatic N) is 2. The van der Waals surface area contributed by atoms with Crippen molar-refractivity contribution >= 4 is 6.03 Å². The van der Waals surface area contributed by atoms with Crippen molar-refractivity contribution in [3.05, 3.63) is 29.8 Å². The molecule has 2 rings (SSSR count). The van der Waals surface area contributed by atoms with Crippen molar-refractivity contribution in [1.29, 1.82) is 0 Å². The molecule has 1 aromatic rings. The third-order valence-electron chi connectivity index (χ3n) is 4.77. The summed E-state index contributed by atoms with van der Waals surface area (Å²) in [5.41, 5.74) is 1.24. The SMILES string of the molecule is COc1cccc(CCCNC(=O)N2CCCC(N(C)C)CC2)c1. The van der Waals surface area contributed by atoms with E-state index in [9.17, 15) is 4.79 Å². The van der Waals surface area contributed by atoms with Crippen molar-refractivity contribution in [2.75, 3.05) is 40.8 Å². The first-order valence-electron chi connectivity index (χ1n) is 8.92. The minimum absolute atomic E-state index is 0.0834. The van der Waals surface area contributed by atoms with Gasteiger partial charge in [-0.25, -0.2) is 4.79 Å². The molecule has 1 saturated heterocycles. The molecule has 0 saturated carbocycles. The highest BCUT2D eigenvalue weighted by atomic mass is 16.5. The van der Waals surface area contributed by atoms with Gasteiger partial charge in [-0.2, -0.15) is 0 Å². The zero-order chi connectivity index (χ0) is 17.4. The van der Waals surface area contributed by atoms with Crippen LogP contribution in [0.3, 0.4) is 0 Å². The Bertz CT molecular complexity index is 519. The van der Waals surface area contributed by atoms with Gasteiger partial charge in [0.05, 0.1) is 7.11 Å². The van der Waals surface area contributed by atoms with Crippen molar-refractivity contribution in [2.24, 2.45) is 0 Å². The Morgan fingerprint density at radius 3 is 2.92 bits per heavy atom. The van der Waals surface area contributed by atoms with Crippen molar-refractivity contribution in [2.45, 2.75) is 38.1 Å². The third kappa shape index (κ3) is 5.71. The molecule has 0 aliphatic carbocycles. The van der Waals surface area contributed by atoms with E-state index in [4.69, 9.17) is 4.74 Å². The fourth-order valence-electron chi connectivity index (χ4n) is 3.23. The number of carbonyl (C=O) groups excluding carboxylic acids is 1. The lowest BCUT2D eigenvalue weighted by atomic mass is 10.1. The first kappa shape index (κ1) is 18.6. The Morgan fingerprint density at radius 1 is 1.33 bits per heavy atom. The van der Waals surface area contributed by atoms with Crippen LogP contribution in [-0.4, -0.2) is 62.7 Å². The Labute approximate surface area is 146 Å². The van der Waals surface area contributed by atoms with Crippen LogP contribution in [0.15, 0.2) is 24.3 Å². The summed E-state index contributed by atoms with van der Waals surface area (Å²) in [6.45, 7) is 2.43. The predicted molar refractivity (Wildman–Crippen MR) is 97.6 cm³/mol. The fraction of sp³-hybridized carbons (Fsp3) is 0.632. The number of amides is 2. The number of aryl methyl sites for hydroxylation is 1. The zero-order valence-electron chi connectivity index (χ0n) is 15.3. The molecule has 1 unspecified atom stereocenters. The molecule has 1 aliphatic rings. The van der Waals surface area contributed by atoms with Gasteiger partial charge in [-0.15, -0.1) is 0 Å². The van der Waals surface area contributed by atoms with Crippen molar-refractivity contribution in [3.8, 4) is 5.75 Å². The minimum Gasteiger partial charge on any atom is -0.497 e. The summed E-state index contributed by atoms with van der Waals surface area (Å²) in [4.78, 5) is 16.6. The van der Waals surface area contributed by atoms with E-state index in [0.717, 1.165) is 44.5 Å². The van der Waals surface area contributed by atoms with E-state index in [0.29, 0.717) is 12.6 Å². The second kappa shape index (κ2) is 9.52. The highest BCUT2D eigenvalue weighted by Gasteiger charge is 2.21. The van der Waals surface area contributed by atoms with Crippen LogP contribution in [0.2, 0.25) is 0 Å². The molecule has 0 aromatic heterocycles. The van der Waals surface area contributed by atoms with Crippen LogP contribution in [0.25, 0.3) is 0 Å². The molecule has 1 atom stereocenters. The summed E-state index contributed by atoms with van der Waals surface area (Å²) in [6.07, 6.45) is 5.20. The van der Waals surface area contributed by atoms with Gasteiger partial charge in [-0.1, -0.05) is 12.1 Å². The summed E-state index contributed by atoms with van der Waals surface area (Å²) >= 11 is 0. The van der Waals surface area contributed by atoms with E-state index in [1.54, 1.807) is 7.11 Å². The van der Waals surface area contributed by atoms with E-state index >= 15 is 0 Å². The molecule has 24 heavy (non-hydrogen) atoms. The maximum absolute atomic E-state index is 12.3. The second-order valence-corrected chi connectivity index (χ2v) is 6.72. The molecule has 0 radical (unpaired) electrons. The molecule has 5 nitrogen and oxygen atoms in total. The highest BCUT2D eigenvalue weighted by molar-refractivity contribution is 5.74. The maximum atomic E-state index is 12.3. The summed E-state index contributed by atoms with van der Waals surface area (Å²) in [5.74, 6) is 0.886. The van der Waals surface area contributed by atoms with Crippen LogP contribution < -0.4 is 10.1 Å². The lowest BCUT2D eigenvalue weighted by molar-refractivity contribution is 0.197. The number of methoxy groups -OCH3 is 1. The van der Waals surface area contributed by atoms with Gasteiger partial charge in [0.1, 0.15) is 5.75 Å². The van der Waals surface area contributed by atoms with Crippen molar-refractivity contribution in [3.63, 3.8) is 0 Å². The largest absolute Gasteiger partial charge is 0.497 e. The van der Waals surface area contributed by atoms with Crippen LogP contribution in [0, 0.1) is 0 Å². The van der Waals surface area contributed by atoms with Crippen LogP contribution >= 0.6 is 0 Å². The lowest BCUT2D eigenvalue weighted by Gasteiger charge is -2.23. The summed E-state index contributed by atoms with van der Waals surface area (Å²) < 4.78 is 5.24. The maximum Gasteiger partial charge on any atom is 0.317 e. The predicted octanol–water partition coefficient (Wildman–Crippen LogP) is 2.75. The normalized spacial score (nSPS) is 18.3. The van der Waals surface area contributed by atoms with Crippen LogP contribution in [0.5, 0.6) is 5.75 Å². The number of likely N-dealkylation sites (tertiary alicyclic amines) is 1. The van der Waals surface area contributed by atoms with Crippen LogP contribution in [0.1, 0.15) is 31.2 Å². The topological polar surface area (TPSA) is 44.8 Å². The third-order valence-corrected chi connectivity index (χ3v) is 4.77. The van der Waals surface area contributed by atoms with Gasteiger partial charge in [0.15, 0.2) is 0 Å². The zero-order valence-corrected chi connectivity index (χ0v) is 15.3. The molecule has 1 aromatic carbocycles. The van der Waals surface area contributed by atoms with E-state index in [1.807, 2.05) is 17.0 Å². The molecule has 1 fully saturated rings. The Kier molecular flexibility index (Phi) is 7.37. The van der Waals surface area contributed by atoms with Crippen molar-refractivity contribution in [1.82, 2.24) is 15.1 Å². The average molecular weight is 333 g/mol. The lowest BCUT2D eigenvalue weighted by Crippen LogP contribution is -2.41. The first-order valence-corrected chi connectivity index (χ1v) is 8.92. The number of hydrogen-bond donors (Lipinski definition) is 1. The van der Waals surface area contributed by atoms with E-state index in [2.05, 4.69) is 36.4 Å². The summed E-state index contributed by atoms with van der Waals surface area (Å²) in [5, 5.41) is 3.07. The monoisotopic (exact) mass is 333 g/mol. The van der Waals surface area contributed by atoms with Gasteiger partial charge < -0.3 is 19.9 Å². The molecule has 1 aliphatic heterocycles. The number of urea groups is 1. The van der Waals surface area contributed by atoms with E-state index < -0.39 is 0 Å². The number of benzene rings is 1. The fourth-order valence-corrected chi connectivity index (χ4v) is 3.23. The molecule has 2 amide bonds. The average Bonchev–Trinajstić information content (AvgIpc) is 2.85. The molecule has 0 spiro atoms. The van der Waals surface area contributed by atoms with Gasteiger partial charge in [-0.05, 0) is 63.9 Å². The molecular weight excluding hydrogens is 302 g/mol. The van der Waals surface area contributed by atoms with Gasteiger partial charge in [0, 0.05) is 25.7 Å². The quantitative estimate of drug-likeness (QED) is 0.814. The highest BCUT2D eigenvalue weighted by Crippen LogP contribution is 2.15. The number of carbonyl (C=O) groups is 1. The molecule has 1 heterocycles. The molecular formula is C19H31N3O2. The summed E-state index contributed by atoms with van der Waals surface area (Å²) in [6, 6.07) is 8.78. The molecule has 1 N–H and O–H groups in total. The number of hydrogen-bond acceptors (Lipinski definition) is 3. The van der Waals surface area contributed by atoms with Gasteiger partial charge in [0.25, 0.3) is 0 Å². The van der Waals surface area contributed by atoms with Crippen molar-refractivity contribution < 1.29 is 9.53 Å². The van der Waals surface area contributed by atoms with Gasteiger partial charge >= 0.3 is 6.03 Å². The Hall–Kier alpha value is -1.75. The number of nitrogens with one attached hydrogen (secondary N) is 1. The number of rotatable bonds is 6. The van der Waals surface area contributed by atoms with Crippen LogP contribution in [-0.2, 0) is 6.42 Å². The minimum atomic E-state index is 0.0834. The van der Waals surface area contributed by atoms with Crippen LogP contribution in [0.4, 0.5) is 4.79 Å². The standard InChI is InChI=1S/C19H31N3O2/c1-21(2)17-9-6-13-22(14-11-17)19(23)20-12-5-8-16-7-4-10-18(15-16)24-3/h4,7,10,15,17H,5-6,8-9,11-14H2,1-3H3,(H,20,23). The summed E-state index contributed by atoms with van der Waals surface area (Å²) in [7, 11) is 5.93. The second-order valence-electron chi connectivity index (χ2n) is 6.72. The van der Waals surface area contributed by atoms with Gasteiger partial charge in [-0.3, -0.25) is 0 Å².